The first kappa shape index (κ1) is 16.4. The zero-order chi connectivity index (χ0) is 10.6. The van der Waals surface area contributed by atoms with E-state index in [-0.39, 0.29) is 29.6 Å². The summed E-state index contributed by atoms with van der Waals surface area (Å²) in [5, 5.41) is 44.5. The molecule has 4 N–H and O–H groups in total. The Labute approximate surface area is 101 Å². The molecule has 0 spiro atoms. The Morgan fingerprint density at radius 3 is 1.93 bits per heavy atom. The maximum Gasteiger partial charge on any atom is 0.209 e. The van der Waals surface area contributed by atoms with Crippen molar-refractivity contribution in [3.8, 4) is 0 Å². The summed E-state index contributed by atoms with van der Waals surface area (Å²) < 4.78 is 0. The number of aliphatic hydroxyl groups excluding tert-OH is 4. The van der Waals surface area contributed by atoms with Crippen molar-refractivity contribution >= 4 is 41.3 Å². The number of aliphatic hydroxyl groups is 4. The number of carboxylic acid groups (broad SMARTS) is 1. The number of carbonyl (C=O) groups is 2. The van der Waals surface area contributed by atoms with Crippen LogP contribution in [0.1, 0.15) is 0 Å². The molecule has 0 saturated heterocycles. The predicted molar refractivity (Wildman–Crippen MR) is 40.9 cm³/mol. The van der Waals surface area contributed by atoms with E-state index in [4.69, 9.17) is 20.4 Å². The minimum Gasteiger partial charge on any atom is -0.542 e. The Kier molecular flexibility index (Phi) is 8.55. The van der Waals surface area contributed by atoms with E-state index in [9.17, 15) is 14.7 Å². The zero-order valence-electron chi connectivity index (χ0n) is 7.45. The van der Waals surface area contributed by atoms with Crippen LogP contribution in [0.2, 0.25) is 0 Å². The molecule has 0 unspecified atom stereocenters. The standard InChI is InChI=1S/C6H10O7.Na/c7-1-2(8)3(9)4(10)5(11)6(12)13;/h2-4,7-10H,1H2,(H,12,13);/p-1/t2-,3+,4-;/m0./s1. The van der Waals surface area contributed by atoms with Crippen LogP contribution in [-0.4, -0.2) is 86.7 Å². The normalized spacial score (nSPS) is 16.3. The molecular formula is C6H9NaO7-. The summed E-state index contributed by atoms with van der Waals surface area (Å²) in [6.45, 7) is -0.904. The summed E-state index contributed by atoms with van der Waals surface area (Å²) in [6, 6.07) is 0. The first-order valence-corrected chi connectivity index (χ1v) is 3.32. The molecule has 14 heavy (non-hydrogen) atoms. The van der Waals surface area contributed by atoms with Gasteiger partial charge in [-0.15, -0.1) is 0 Å². The van der Waals surface area contributed by atoms with Gasteiger partial charge in [-0.05, 0) is 0 Å². The Morgan fingerprint density at radius 1 is 1.21 bits per heavy atom. The molecule has 0 fully saturated rings. The van der Waals surface area contributed by atoms with E-state index in [1.54, 1.807) is 0 Å². The van der Waals surface area contributed by atoms with Gasteiger partial charge in [-0.3, -0.25) is 4.79 Å². The molecule has 0 aromatic rings. The molecule has 0 bridgehead atoms. The molecule has 0 aromatic carbocycles. The fourth-order valence-electron chi connectivity index (χ4n) is 0.594. The van der Waals surface area contributed by atoms with E-state index in [2.05, 4.69) is 0 Å². The number of hydrogen-bond donors (Lipinski definition) is 4. The molecule has 0 amide bonds. The second-order valence-electron chi connectivity index (χ2n) is 2.34. The van der Waals surface area contributed by atoms with Crippen LogP contribution in [-0.2, 0) is 9.59 Å². The molecule has 0 aliphatic carbocycles. The first-order valence-electron chi connectivity index (χ1n) is 3.32. The molecule has 1 radical (unpaired) electrons. The van der Waals surface area contributed by atoms with Gasteiger partial charge in [0.15, 0.2) is 0 Å². The third-order valence-electron chi connectivity index (χ3n) is 1.37. The largest absolute Gasteiger partial charge is 0.542 e. The quantitative estimate of drug-likeness (QED) is 0.266. The summed E-state index contributed by atoms with van der Waals surface area (Å²) in [6.07, 6.45) is -6.12. The van der Waals surface area contributed by atoms with E-state index in [0.29, 0.717) is 0 Å². The van der Waals surface area contributed by atoms with Crippen LogP contribution in [0.15, 0.2) is 0 Å². The minimum absolute atomic E-state index is 0. The number of carbonyl (C=O) groups excluding carboxylic acids is 2. The van der Waals surface area contributed by atoms with Crippen molar-refractivity contribution in [1.82, 2.24) is 0 Å². The number of aliphatic carboxylic acids is 1. The fourth-order valence-corrected chi connectivity index (χ4v) is 0.594. The Morgan fingerprint density at radius 2 is 1.64 bits per heavy atom. The Bertz CT molecular complexity index is 206. The molecule has 7 nitrogen and oxygen atoms in total. The number of hydrogen-bond acceptors (Lipinski definition) is 7. The average Bonchev–Trinajstić information content (AvgIpc) is 2.12. The van der Waals surface area contributed by atoms with Crippen molar-refractivity contribution in [3.63, 3.8) is 0 Å². The summed E-state index contributed by atoms with van der Waals surface area (Å²) in [5.41, 5.74) is 0. The summed E-state index contributed by atoms with van der Waals surface area (Å²) in [5.74, 6) is -3.92. The van der Waals surface area contributed by atoms with Crippen LogP contribution in [0.25, 0.3) is 0 Å². The van der Waals surface area contributed by atoms with E-state index in [1.165, 1.54) is 0 Å². The maximum absolute atomic E-state index is 10.4. The van der Waals surface area contributed by atoms with Crippen molar-refractivity contribution < 1.29 is 35.1 Å². The molecule has 0 aliphatic heterocycles. The summed E-state index contributed by atoms with van der Waals surface area (Å²) in [7, 11) is 0. The van der Waals surface area contributed by atoms with Gasteiger partial charge in [-0.1, -0.05) is 0 Å². The number of carboxylic acids is 1. The topological polar surface area (TPSA) is 138 Å². The van der Waals surface area contributed by atoms with Gasteiger partial charge in [0.2, 0.25) is 5.78 Å². The molecule has 0 aliphatic rings. The zero-order valence-corrected chi connectivity index (χ0v) is 9.45. The second-order valence-corrected chi connectivity index (χ2v) is 2.34. The van der Waals surface area contributed by atoms with Gasteiger partial charge in [0, 0.05) is 29.6 Å². The van der Waals surface area contributed by atoms with Gasteiger partial charge in [-0.2, -0.15) is 0 Å². The van der Waals surface area contributed by atoms with E-state index < -0.39 is 36.7 Å². The van der Waals surface area contributed by atoms with Crippen LogP contribution in [0, 0.1) is 0 Å². The van der Waals surface area contributed by atoms with Crippen molar-refractivity contribution in [1.29, 1.82) is 0 Å². The van der Waals surface area contributed by atoms with Crippen molar-refractivity contribution in [2.24, 2.45) is 0 Å². The summed E-state index contributed by atoms with van der Waals surface area (Å²) in [4.78, 5) is 20.3. The van der Waals surface area contributed by atoms with Gasteiger partial charge < -0.3 is 30.3 Å². The average molecular weight is 216 g/mol. The SMILES string of the molecule is O=C([O-])C(=O)[C@@H](O)[C@H](O)[C@@H](O)CO.[Na]. The minimum atomic E-state index is -2.30. The predicted octanol–water partition coefficient (Wildman–Crippen LogP) is -5.00. The van der Waals surface area contributed by atoms with Crippen LogP contribution in [0.4, 0.5) is 0 Å². The van der Waals surface area contributed by atoms with Crippen LogP contribution < -0.4 is 5.11 Å². The third kappa shape index (κ3) is 4.47. The Balaban J connectivity index is 0. The van der Waals surface area contributed by atoms with Crippen molar-refractivity contribution in [2.45, 2.75) is 18.3 Å². The van der Waals surface area contributed by atoms with Gasteiger partial charge in [0.1, 0.15) is 24.3 Å². The molecule has 0 aromatic heterocycles. The second kappa shape index (κ2) is 7.30. The molecule has 8 heteroatoms. The number of rotatable bonds is 5. The maximum atomic E-state index is 10.4. The van der Waals surface area contributed by atoms with E-state index in [0.717, 1.165) is 0 Å². The van der Waals surface area contributed by atoms with Crippen LogP contribution in [0.3, 0.4) is 0 Å². The molecule has 0 heterocycles. The van der Waals surface area contributed by atoms with Gasteiger partial charge in [-0.25, -0.2) is 0 Å². The monoisotopic (exact) mass is 216 g/mol. The van der Waals surface area contributed by atoms with E-state index in [1.807, 2.05) is 0 Å². The molecule has 0 saturated carbocycles. The van der Waals surface area contributed by atoms with Gasteiger partial charge >= 0.3 is 0 Å². The number of ketones is 1. The van der Waals surface area contributed by atoms with E-state index >= 15 is 0 Å². The van der Waals surface area contributed by atoms with Crippen LogP contribution in [0.5, 0.6) is 0 Å². The number of Topliss-reactive ketones (excluding diaryl/α,β-unsaturated/α-hetero) is 1. The smallest absolute Gasteiger partial charge is 0.209 e. The van der Waals surface area contributed by atoms with Crippen molar-refractivity contribution in [3.05, 3.63) is 0 Å². The molecule has 77 valence electrons. The van der Waals surface area contributed by atoms with Gasteiger partial charge in [0.25, 0.3) is 0 Å². The summed E-state index contributed by atoms with van der Waals surface area (Å²) >= 11 is 0. The first-order chi connectivity index (χ1) is 5.91. The fraction of sp³-hybridized carbons (Fsp3) is 0.667. The third-order valence-corrected chi connectivity index (χ3v) is 1.37. The van der Waals surface area contributed by atoms with Gasteiger partial charge in [0.05, 0.1) is 6.61 Å². The molecule has 3 atom stereocenters. The molecule has 0 rings (SSSR count). The van der Waals surface area contributed by atoms with Crippen LogP contribution >= 0.6 is 0 Å². The van der Waals surface area contributed by atoms with Crippen molar-refractivity contribution in [2.75, 3.05) is 6.61 Å². The molecular weight excluding hydrogens is 207 g/mol. The Hall–Kier alpha value is -0.0200.